The van der Waals surface area contributed by atoms with Gasteiger partial charge in [0.25, 0.3) is 0 Å². The largest absolute Gasteiger partial charge is 0.418 e. The molecule has 3 N–H and O–H groups in total. The van der Waals surface area contributed by atoms with Gasteiger partial charge >= 0.3 is 12.2 Å². The van der Waals surface area contributed by atoms with E-state index in [1.807, 2.05) is 24.3 Å². The highest BCUT2D eigenvalue weighted by Crippen LogP contribution is 2.36. The number of carbonyl (C=O) groups excluding carboxylic acids is 1. The molecule has 8 nitrogen and oxygen atoms in total. The number of rotatable bonds is 6. The van der Waals surface area contributed by atoms with E-state index in [2.05, 4.69) is 25.7 Å². The molecule has 0 spiro atoms. The SMILES string of the molecule is CN/C(=C\C=N)c1nnc(N2CCC(N(C)C(=O)Nc3ccc(F)cc3C(F)(F)F)CC2)c2ccccc12. The number of anilines is 2. The molecular formula is C26H27F4N7O. The lowest BCUT2D eigenvalue weighted by molar-refractivity contribution is -0.137. The normalized spacial score (nSPS) is 14.9. The summed E-state index contributed by atoms with van der Waals surface area (Å²) in [5, 5.41) is 23.4. The predicted octanol–water partition coefficient (Wildman–Crippen LogP) is 5.13. The third-order valence-corrected chi connectivity index (χ3v) is 6.60. The second-order valence-electron chi connectivity index (χ2n) is 8.86. The van der Waals surface area contributed by atoms with Gasteiger partial charge in [0.1, 0.15) is 11.5 Å². The molecule has 3 aromatic rings. The van der Waals surface area contributed by atoms with Gasteiger partial charge in [0, 0.05) is 50.2 Å². The summed E-state index contributed by atoms with van der Waals surface area (Å²) in [6.45, 7) is 1.11. The Hall–Kier alpha value is -4.22. The van der Waals surface area contributed by atoms with Crippen LogP contribution in [0.5, 0.6) is 0 Å². The summed E-state index contributed by atoms with van der Waals surface area (Å²) in [6, 6.07) is 8.94. The fourth-order valence-electron chi connectivity index (χ4n) is 4.58. The highest BCUT2D eigenvalue weighted by molar-refractivity contribution is 5.99. The maximum atomic E-state index is 13.4. The Labute approximate surface area is 216 Å². The maximum Gasteiger partial charge on any atom is 0.418 e. The van der Waals surface area contributed by atoms with Gasteiger partial charge in [-0.15, -0.1) is 10.2 Å². The Morgan fingerprint density at radius 1 is 1.13 bits per heavy atom. The van der Waals surface area contributed by atoms with Crippen LogP contribution in [0.15, 0.2) is 48.5 Å². The van der Waals surface area contributed by atoms with Crippen molar-refractivity contribution in [2.75, 3.05) is 37.4 Å². The first kappa shape index (κ1) is 26.8. The molecule has 12 heteroatoms. The number of alkyl halides is 3. The summed E-state index contributed by atoms with van der Waals surface area (Å²) in [7, 11) is 3.28. The molecule has 0 atom stereocenters. The van der Waals surface area contributed by atoms with Crippen LogP contribution in [0.25, 0.3) is 16.5 Å². The smallest absolute Gasteiger partial charge is 0.386 e. The molecule has 0 bridgehead atoms. The van der Waals surface area contributed by atoms with Crippen LogP contribution in [0, 0.1) is 11.2 Å². The topological polar surface area (TPSA) is 97.2 Å². The molecule has 0 saturated carbocycles. The van der Waals surface area contributed by atoms with Gasteiger partial charge in [0.05, 0.1) is 16.9 Å². The van der Waals surface area contributed by atoms with Gasteiger partial charge in [-0.3, -0.25) is 0 Å². The van der Waals surface area contributed by atoms with Crippen LogP contribution in [0.2, 0.25) is 0 Å². The van der Waals surface area contributed by atoms with E-state index >= 15 is 0 Å². The lowest BCUT2D eigenvalue weighted by Crippen LogP contribution is -2.47. The van der Waals surface area contributed by atoms with Crippen LogP contribution in [0.1, 0.15) is 24.1 Å². The van der Waals surface area contributed by atoms with Crippen molar-refractivity contribution in [2.45, 2.75) is 25.1 Å². The van der Waals surface area contributed by atoms with E-state index in [1.54, 1.807) is 13.1 Å². The van der Waals surface area contributed by atoms with Crippen molar-refractivity contribution in [3.63, 3.8) is 0 Å². The third-order valence-electron chi connectivity index (χ3n) is 6.60. The number of benzene rings is 2. The first-order chi connectivity index (χ1) is 18.1. The number of nitrogens with one attached hydrogen (secondary N) is 3. The Balaban J connectivity index is 1.48. The van der Waals surface area contributed by atoms with Gasteiger partial charge in [-0.25, -0.2) is 9.18 Å². The van der Waals surface area contributed by atoms with Gasteiger partial charge in [0.2, 0.25) is 0 Å². The van der Waals surface area contributed by atoms with Crippen molar-refractivity contribution in [2.24, 2.45) is 0 Å². The van der Waals surface area contributed by atoms with Crippen LogP contribution in [-0.2, 0) is 6.18 Å². The molecule has 1 aliphatic heterocycles. The second kappa shape index (κ2) is 11.0. The lowest BCUT2D eigenvalue weighted by Gasteiger charge is -2.37. The maximum absolute atomic E-state index is 13.4. The summed E-state index contributed by atoms with van der Waals surface area (Å²) in [5.41, 5.74) is -0.440. The summed E-state index contributed by atoms with van der Waals surface area (Å²) >= 11 is 0. The number of carbonyl (C=O) groups is 1. The van der Waals surface area contributed by atoms with E-state index in [0.717, 1.165) is 22.9 Å². The third kappa shape index (κ3) is 5.53. The minimum Gasteiger partial charge on any atom is -0.386 e. The number of allylic oxidation sites excluding steroid dienone is 1. The first-order valence-corrected chi connectivity index (χ1v) is 11.9. The van der Waals surface area contributed by atoms with Gasteiger partial charge in [0.15, 0.2) is 5.82 Å². The fourth-order valence-corrected chi connectivity index (χ4v) is 4.58. The predicted molar refractivity (Wildman–Crippen MR) is 139 cm³/mol. The molecule has 4 rings (SSSR count). The van der Waals surface area contributed by atoms with Crippen molar-refractivity contribution in [1.29, 1.82) is 5.41 Å². The number of hydrogen-bond acceptors (Lipinski definition) is 6. The van der Waals surface area contributed by atoms with Crippen LogP contribution in [-0.4, -0.2) is 60.6 Å². The second-order valence-corrected chi connectivity index (χ2v) is 8.86. The van der Waals surface area contributed by atoms with Crippen molar-refractivity contribution >= 4 is 40.2 Å². The number of halogens is 4. The summed E-state index contributed by atoms with van der Waals surface area (Å²) in [5.74, 6) is -0.339. The van der Waals surface area contributed by atoms with Crippen molar-refractivity contribution in [1.82, 2.24) is 20.4 Å². The number of hydrogen-bond donors (Lipinski definition) is 3. The molecule has 2 aromatic carbocycles. The lowest BCUT2D eigenvalue weighted by atomic mass is 10.0. The minimum absolute atomic E-state index is 0.217. The summed E-state index contributed by atoms with van der Waals surface area (Å²) in [4.78, 5) is 16.2. The molecule has 0 radical (unpaired) electrons. The van der Waals surface area contributed by atoms with Crippen molar-refractivity contribution in [3.8, 4) is 0 Å². The molecule has 38 heavy (non-hydrogen) atoms. The first-order valence-electron chi connectivity index (χ1n) is 11.9. The Bertz CT molecular complexity index is 1370. The molecule has 1 aromatic heterocycles. The number of amides is 2. The molecule has 1 saturated heterocycles. The van der Waals surface area contributed by atoms with Crippen LogP contribution in [0.3, 0.4) is 0 Å². The van der Waals surface area contributed by atoms with Crippen LogP contribution >= 0.6 is 0 Å². The van der Waals surface area contributed by atoms with E-state index < -0.39 is 29.3 Å². The number of piperidine rings is 1. The molecular weight excluding hydrogens is 502 g/mol. The zero-order valence-electron chi connectivity index (χ0n) is 20.8. The van der Waals surface area contributed by atoms with E-state index in [1.165, 1.54) is 18.2 Å². The molecule has 1 aliphatic rings. The average molecular weight is 530 g/mol. The number of aromatic nitrogens is 2. The molecule has 200 valence electrons. The monoisotopic (exact) mass is 529 g/mol. The summed E-state index contributed by atoms with van der Waals surface area (Å²) < 4.78 is 53.3. The van der Waals surface area contributed by atoms with E-state index in [0.29, 0.717) is 49.2 Å². The number of nitrogens with zero attached hydrogens (tertiary/aromatic N) is 4. The zero-order chi connectivity index (χ0) is 27.4. The molecule has 0 unspecified atom stereocenters. The highest BCUT2D eigenvalue weighted by atomic mass is 19.4. The van der Waals surface area contributed by atoms with Gasteiger partial charge in [-0.2, -0.15) is 13.2 Å². The van der Waals surface area contributed by atoms with Gasteiger partial charge in [-0.1, -0.05) is 24.3 Å². The fraction of sp³-hybridized carbons (Fsp3) is 0.308. The van der Waals surface area contributed by atoms with Gasteiger partial charge < -0.3 is 25.8 Å². The number of urea groups is 1. The Morgan fingerprint density at radius 3 is 2.45 bits per heavy atom. The van der Waals surface area contributed by atoms with Crippen LogP contribution in [0.4, 0.5) is 33.9 Å². The molecule has 2 heterocycles. The van der Waals surface area contributed by atoms with Crippen molar-refractivity contribution in [3.05, 3.63) is 65.6 Å². The number of fused-ring (bicyclic) bond motifs is 1. The van der Waals surface area contributed by atoms with Gasteiger partial charge in [-0.05, 0) is 37.1 Å². The average Bonchev–Trinajstić information content (AvgIpc) is 2.91. The standard InChI is InChI=1S/C26H27F4N7O/c1-32-22(9-12-31)23-18-5-3-4-6-19(18)24(35-34-23)37-13-10-17(11-14-37)36(2)25(38)33-21-8-7-16(27)15-20(21)26(28,29)30/h3-9,12,15,17,31-32H,10-11,13-14H2,1-2H3,(H,33,38)/b22-9-,31-12?. The van der Waals surface area contributed by atoms with E-state index in [4.69, 9.17) is 5.41 Å². The highest BCUT2D eigenvalue weighted by Gasteiger charge is 2.35. The van der Waals surface area contributed by atoms with E-state index in [-0.39, 0.29) is 6.04 Å². The molecule has 0 aliphatic carbocycles. The zero-order valence-corrected chi connectivity index (χ0v) is 20.8. The quantitative estimate of drug-likeness (QED) is 0.304. The van der Waals surface area contributed by atoms with E-state index in [9.17, 15) is 22.4 Å². The Morgan fingerprint density at radius 2 is 1.82 bits per heavy atom. The molecule has 1 fully saturated rings. The van der Waals surface area contributed by atoms with Crippen LogP contribution < -0.4 is 15.5 Å². The Kier molecular flexibility index (Phi) is 7.79. The summed E-state index contributed by atoms with van der Waals surface area (Å²) in [6.07, 6.45) is -0.906. The minimum atomic E-state index is -4.81. The molecule has 2 amide bonds. The van der Waals surface area contributed by atoms with Crippen molar-refractivity contribution < 1.29 is 22.4 Å².